The Balaban J connectivity index is 1.71. The Morgan fingerprint density at radius 2 is 1.74 bits per heavy atom. The zero-order chi connectivity index (χ0) is 34.0. The molecule has 0 saturated carbocycles. The Kier molecular flexibility index (Phi) is 17.4. The summed E-state index contributed by atoms with van der Waals surface area (Å²) in [6.07, 6.45) is 2.62. The van der Waals surface area contributed by atoms with Gasteiger partial charge in [0.15, 0.2) is 0 Å². The van der Waals surface area contributed by atoms with E-state index in [4.69, 9.17) is 14.0 Å². The number of nitrogens with one attached hydrogen (secondary N) is 4. The van der Waals surface area contributed by atoms with Gasteiger partial charge in [-0.2, -0.15) is 4.33 Å². The number of alkyl carbamates (subject to hydrolysis) is 1. The number of carbonyl (C=O) groups is 2. The molecule has 1 aliphatic rings. The van der Waals surface area contributed by atoms with E-state index in [1.54, 1.807) is 0 Å². The number of hydrogen-bond donors (Lipinski definition) is 5. The molecule has 10 nitrogen and oxygen atoms in total. The van der Waals surface area contributed by atoms with E-state index in [0.29, 0.717) is 19.5 Å². The largest absolute Gasteiger partial charge is 0.445 e. The third-order valence-electron chi connectivity index (χ3n) is 7.83. The van der Waals surface area contributed by atoms with E-state index in [9.17, 15) is 23.5 Å². The molecular weight excluding hydrogens is 630 g/mol. The summed E-state index contributed by atoms with van der Waals surface area (Å²) in [6, 6.07) is 9.03. The summed E-state index contributed by atoms with van der Waals surface area (Å²) >= 11 is 0.873. The van der Waals surface area contributed by atoms with Gasteiger partial charge in [0.25, 0.3) is 0 Å². The highest BCUT2D eigenvalue weighted by molar-refractivity contribution is 7.94. The van der Waals surface area contributed by atoms with E-state index in [-0.39, 0.29) is 36.5 Å². The van der Waals surface area contributed by atoms with Crippen LogP contribution < -0.4 is 21.3 Å². The Labute approximate surface area is 281 Å². The molecule has 0 aliphatic carbocycles. The van der Waals surface area contributed by atoms with E-state index in [2.05, 4.69) is 48.1 Å². The third-order valence-corrected chi connectivity index (χ3v) is 8.47. The van der Waals surface area contributed by atoms with Crippen LogP contribution in [0.5, 0.6) is 0 Å². The average molecular weight is 681 g/mol. The van der Waals surface area contributed by atoms with E-state index < -0.39 is 41.8 Å². The topological polar surface area (TPSA) is 130 Å². The highest BCUT2D eigenvalue weighted by Crippen LogP contribution is 2.17. The van der Waals surface area contributed by atoms with E-state index in [1.807, 2.05) is 18.2 Å². The molecule has 262 valence electrons. The summed E-state index contributed by atoms with van der Waals surface area (Å²) in [4.78, 5) is 32.0. The molecule has 3 rings (SSSR count). The highest BCUT2D eigenvalue weighted by Gasteiger charge is 2.29. The highest BCUT2D eigenvalue weighted by atomic mass is 32.2. The smallest absolute Gasteiger partial charge is 0.408 e. The van der Waals surface area contributed by atoms with Crippen molar-refractivity contribution in [1.29, 1.82) is 0 Å². The molecule has 1 unspecified atom stereocenters. The van der Waals surface area contributed by atoms with Gasteiger partial charge in [0.2, 0.25) is 5.91 Å². The second-order valence-electron chi connectivity index (χ2n) is 11.8. The van der Waals surface area contributed by atoms with Crippen LogP contribution in [-0.2, 0) is 38.1 Å². The maximum Gasteiger partial charge on any atom is 0.408 e. The fourth-order valence-electron chi connectivity index (χ4n) is 5.32. The van der Waals surface area contributed by atoms with E-state index in [0.717, 1.165) is 74.5 Å². The van der Waals surface area contributed by atoms with E-state index >= 15 is 0 Å². The van der Waals surface area contributed by atoms with Crippen molar-refractivity contribution in [3.05, 3.63) is 70.8 Å². The standard InChI is InChI=1S/C34H50F2N4O6S/c1-4-8-28(9-5-2)45-46-47-22-31(40-34(43)44-29-12-13-37-20-29)33(42)39-30(17-25-15-26(35)18-27(36)16-25)32(41)21-38-19-24-11-7-10-23(6-3)14-24/h7,10-11,14-16,18,28-32,37-38,41H,4-6,8-9,12-13,17,19-22H2,1-3H3,(H,39,42)(H,40,43)/t29-,30+,31?,32-/m1/s1. The van der Waals surface area contributed by atoms with Crippen molar-refractivity contribution < 1.29 is 37.4 Å². The summed E-state index contributed by atoms with van der Waals surface area (Å²) in [5.41, 5.74) is 2.47. The number of rotatable bonds is 21. The van der Waals surface area contributed by atoms with Gasteiger partial charge in [0.1, 0.15) is 23.8 Å². The first-order chi connectivity index (χ1) is 22.7. The fourth-order valence-corrected chi connectivity index (χ4v) is 5.91. The van der Waals surface area contributed by atoms with Crippen LogP contribution in [0.15, 0.2) is 42.5 Å². The van der Waals surface area contributed by atoms with Gasteiger partial charge in [-0.05, 0) is 67.5 Å². The lowest BCUT2D eigenvalue weighted by Crippen LogP contribution is -2.55. The first-order valence-electron chi connectivity index (χ1n) is 16.5. The number of halogens is 2. The molecule has 0 aromatic heterocycles. The van der Waals surface area contributed by atoms with Gasteiger partial charge in [-0.1, -0.05) is 57.9 Å². The van der Waals surface area contributed by atoms with Crippen LogP contribution in [-0.4, -0.2) is 72.9 Å². The molecule has 2 aromatic carbocycles. The van der Waals surface area contributed by atoms with Crippen LogP contribution in [0, 0.1) is 11.6 Å². The molecule has 5 N–H and O–H groups in total. The molecule has 0 radical (unpaired) electrons. The molecular formula is C34H50F2N4O6S. The van der Waals surface area contributed by atoms with Gasteiger partial charge < -0.3 is 31.1 Å². The molecule has 1 heterocycles. The van der Waals surface area contributed by atoms with Crippen molar-refractivity contribution in [2.24, 2.45) is 0 Å². The number of aliphatic hydroxyl groups is 1. The molecule has 13 heteroatoms. The molecule has 47 heavy (non-hydrogen) atoms. The molecule has 1 saturated heterocycles. The van der Waals surface area contributed by atoms with Crippen molar-refractivity contribution in [2.45, 2.75) is 103 Å². The Morgan fingerprint density at radius 1 is 1.02 bits per heavy atom. The van der Waals surface area contributed by atoms with Crippen LogP contribution >= 0.6 is 12.0 Å². The van der Waals surface area contributed by atoms with Crippen molar-refractivity contribution in [1.82, 2.24) is 21.3 Å². The van der Waals surface area contributed by atoms with Crippen molar-refractivity contribution >= 4 is 24.0 Å². The van der Waals surface area contributed by atoms with Gasteiger partial charge in [-0.25, -0.2) is 18.5 Å². The van der Waals surface area contributed by atoms with Crippen LogP contribution in [0.3, 0.4) is 0 Å². The summed E-state index contributed by atoms with van der Waals surface area (Å²) < 4.78 is 39.0. The van der Waals surface area contributed by atoms with Gasteiger partial charge in [-0.3, -0.25) is 4.79 Å². The number of carbonyl (C=O) groups excluding carboxylic acids is 2. The second kappa shape index (κ2) is 21.2. The lowest BCUT2D eigenvalue weighted by Gasteiger charge is -2.27. The summed E-state index contributed by atoms with van der Waals surface area (Å²) in [6.45, 7) is 7.96. The van der Waals surface area contributed by atoms with Gasteiger partial charge >= 0.3 is 6.09 Å². The fraction of sp³-hybridized carbons (Fsp3) is 0.588. The Morgan fingerprint density at radius 3 is 2.40 bits per heavy atom. The van der Waals surface area contributed by atoms with Crippen molar-refractivity contribution in [3.8, 4) is 0 Å². The minimum atomic E-state index is -1.15. The summed E-state index contributed by atoms with van der Waals surface area (Å²) in [5, 5.41) is 23.0. The Bertz CT molecular complexity index is 1210. The maximum absolute atomic E-state index is 14.1. The third kappa shape index (κ3) is 14.5. The van der Waals surface area contributed by atoms with Crippen molar-refractivity contribution in [2.75, 3.05) is 25.4 Å². The molecule has 4 atom stereocenters. The SMILES string of the molecule is CCCC(CCC)OOSCC(NC(=O)O[C@@H]1CCNC1)C(=O)N[C@@H](Cc1cc(F)cc(F)c1)[C@H](O)CNCc1cccc(CC)c1. The predicted molar refractivity (Wildman–Crippen MR) is 178 cm³/mol. The number of ether oxygens (including phenoxy) is 1. The molecule has 2 aromatic rings. The summed E-state index contributed by atoms with van der Waals surface area (Å²) in [5.74, 6) is -2.19. The molecule has 1 aliphatic heterocycles. The maximum atomic E-state index is 14.1. The second-order valence-corrected chi connectivity index (χ2v) is 12.5. The van der Waals surface area contributed by atoms with Gasteiger partial charge in [-0.15, -0.1) is 0 Å². The monoisotopic (exact) mass is 680 g/mol. The van der Waals surface area contributed by atoms with Gasteiger partial charge in [0, 0.05) is 37.7 Å². The quantitative estimate of drug-likeness (QED) is 0.0550. The minimum Gasteiger partial charge on any atom is -0.445 e. The lowest BCUT2D eigenvalue weighted by atomic mass is 10.00. The Hall–Kier alpha value is -2.81. The van der Waals surface area contributed by atoms with Gasteiger partial charge in [0.05, 0.1) is 24.0 Å². The molecule has 2 amide bonds. The molecule has 1 fully saturated rings. The molecule has 0 bridgehead atoms. The lowest BCUT2D eigenvalue weighted by molar-refractivity contribution is -0.234. The first kappa shape index (κ1) is 38.6. The zero-order valence-electron chi connectivity index (χ0n) is 27.6. The van der Waals surface area contributed by atoms with Crippen LogP contribution in [0.25, 0.3) is 0 Å². The first-order valence-corrected chi connectivity index (χ1v) is 17.5. The van der Waals surface area contributed by atoms with E-state index in [1.165, 1.54) is 5.56 Å². The number of aliphatic hydroxyl groups excluding tert-OH is 1. The number of amides is 2. The van der Waals surface area contributed by atoms with Crippen LogP contribution in [0.1, 0.15) is 69.6 Å². The zero-order valence-corrected chi connectivity index (χ0v) is 28.4. The minimum absolute atomic E-state index is 0.0295. The predicted octanol–water partition coefficient (Wildman–Crippen LogP) is 4.73. The van der Waals surface area contributed by atoms with Crippen LogP contribution in [0.4, 0.5) is 13.6 Å². The average Bonchev–Trinajstić information content (AvgIpc) is 3.54. The number of aryl methyl sites for hydroxylation is 1. The summed E-state index contributed by atoms with van der Waals surface area (Å²) in [7, 11) is 0. The normalized spacial score (nSPS) is 16.5. The number of hydrogen-bond acceptors (Lipinski definition) is 9. The number of benzene rings is 2. The molecule has 0 spiro atoms. The van der Waals surface area contributed by atoms with Crippen LogP contribution in [0.2, 0.25) is 0 Å². The van der Waals surface area contributed by atoms with Crippen molar-refractivity contribution in [3.63, 3.8) is 0 Å².